The molecule has 3 atom stereocenters. The highest BCUT2D eigenvalue weighted by molar-refractivity contribution is 7.45. The number of allylic oxidation sites excluding steroid dienone is 3. The molecule has 0 aromatic heterocycles. The van der Waals surface area contributed by atoms with Gasteiger partial charge in [0.05, 0.1) is 39.9 Å². The summed E-state index contributed by atoms with van der Waals surface area (Å²) in [5.41, 5.74) is 0. The van der Waals surface area contributed by atoms with Crippen LogP contribution in [0.1, 0.15) is 219 Å². The predicted octanol–water partition coefficient (Wildman–Crippen LogP) is 12.7. The molecule has 3 unspecified atom stereocenters. The number of aliphatic hydroxyl groups is 1. The number of phosphoric acid groups is 1. The van der Waals surface area contributed by atoms with Crippen molar-refractivity contribution < 1.29 is 32.9 Å². The first-order valence-corrected chi connectivity index (χ1v) is 25.2. The van der Waals surface area contributed by atoms with Gasteiger partial charge in [-0.25, -0.2) is 0 Å². The summed E-state index contributed by atoms with van der Waals surface area (Å²) in [4.78, 5) is 25.3. The minimum Gasteiger partial charge on any atom is -0.756 e. The van der Waals surface area contributed by atoms with Crippen molar-refractivity contribution >= 4 is 13.7 Å². The third-order valence-electron chi connectivity index (χ3n) is 10.7. The van der Waals surface area contributed by atoms with Crippen LogP contribution in [0.4, 0.5) is 0 Å². The van der Waals surface area contributed by atoms with E-state index < -0.39 is 20.0 Å². The van der Waals surface area contributed by atoms with Gasteiger partial charge in [0.1, 0.15) is 13.2 Å². The molecule has 0 fully saturated rings. The van der Waals surface area contributed by atoms with Crippen LogP contribution in [-0.4, -0.2) is 68.5 Å². The van der Waals surface area contributed by atoms with Gasteiger partial charge in [-0.1, -0.05) is 205 Å². The summed E-state index contributed by atoms with van der Waals surface area (Å²) < 4.78 is 23.2. The molecule has 1 amide bonds. The van der Waals surface area contributed by atoms with Crippen LogP contribution in [0.5, 0.6) is 0 Å². The molecule has 0 aliphatic heterocycles. The van der Waals surface area contributed by atoms with Crippen molar-refractivity contribution in [1.82, 2.24) is 5.32 Å². The predicted molar refractivity (Wildman–Crippen MR) is 238 cm³/mol. The maximum absolute atomic E-state index is 12.9. The lowest BCUT2D eigenvalue weighted by Gasteiger charge is -2.29. The molecule has 56 heavy (non-hydrogen) atoms. The van der Waals surface area contributed by atoms with Crippen LogP contribution in [0, 0.1) is 0 Å². The van der Waals surface area contributed by atoms with Crippen LogP contribution in [0.3, 0.4) is 0 Å². The minimum absolute atomic E-state index is 0.00425. The van der Waals surface area contributed by atoms with Gasteiger partial charge in [-0.3, -0.25) is 9.36 Å². The average Bonchev–Trinajstić information content (AvgIpc) is 3.15. The number of hydrogen-bond donors (Lipinski definition) is 2. The SMILES string of the molecule is CCCCCCCCC/C=C/CC/C=C/C(O)C(COP(=O)([O-])OCC[N+](C)(C)C)NC(=O)CCCCCCCCCCCCCCCCCCCCCCC. The van der Waals surface area contributed by atoms with E-state index >= 15 is 0 Å². The first-order chi connectivity index (χ1) is 27.0. The lowest BCUT2D eigenvalue weighted by molar-refractivity contribution is -0.870. The Morgan fingerprint density at radius 2 is 1.00 bits per heavy atom. The number of carbonyl (C=O) groups excluding carboxylic acids is 1. The van der Waals surface area contributed by atoms with Gasteiger partial charge in [0.2, 0.25) is 5.91 Å². The second-order valence-corrected chi connectivity index (χ2v) is 18.9. The zero-order valence-electron chi connectivity index (χ0n) is 37.6. The minimum atomic E-state index is -4.59. The van der Waals surface area contributed by atoms with E-state index in [-0.39, 0.29) is 19.1 Å². The van der Waals surface area contributed by atoms with E-state index in [9.17, 15) is 19.4 Å². The van der Waals surface area contributed by atoms with Gasteiger partial charge < -0.3 is 28.8 Å². The second kappa shape index (κ2) is 39.4. The molecular formula is C47H93N2O6P. The monoisotopic (exact) mass is 813 g/mol. The Balaban J connectivity index is 4.31. The molecule has 0 aromatic rings. The van der Waals surface area contributed by atoms with Gasteiger partial charge in [0.15, 0.2) is 0 Å². The number of hydrogen-bond acceptors (Lipinski definition) is 6. The summed E-state index contributed by atoms with van der Waals surface area (Å²) in [6, 6.07) is -0.897. The number of aliphatic hydroxyl groups excluding tert-OH is 1. The van der Waals surface area contributed by atoms with Gasteiger partial charge >= 0.3 is 0 Å². The highest BCUT2D eigenvalue weighted by Gasteiger charge is 2.23. The van der Waals surface area contributed by atoms with Crippen LogP contribution >= 0.6 is 7.82 Å². The average molecular weight is 813 g/mol. The molecule has 2 N–H and O–H groups in total. The highest BCUT2D eigenvalue weighted by atomic mass is 31.2. The van der Waals surface area contributed by atoms with Gasteiger partial charge in [-0.2, -0.15) is 0 Å². The fourth-order valence-electron chi connectivity index (χ4n) is 6.87. The highest BCUT2D eigenvalue weighted by Crippen LogP contribution is 2.38. The lowest BCUT2D eigenvalue weighted by atomic mass is 10.0. The molecule has 0 rings (SSSR count). The third-order valence-corrected chi connectivity index (χ3v) is 11.6. The van der Waals surface area contributed by atoms with Gasteiger partial charge in [0, 0.05) is 6.42 Å². The Morgan fingerprint density at radius 1 is 0.607 bits per heavy atom. The van der Waals surface area contributed by atoms with Crippen LogP contribution in [0.2, 0.25) is 0 Å². The Hall–Kier alpha value is -1.02. The zero-order valence-corrected chi connectivity index (χ0v) is 38.5. The number of carbonyl (C=O) groups is 1. The number of unbranched alkanes of at least 4 members (excludes halogenated alkanes) is 28. The van der Waals surface area contributed by atoms with E-state index in [4.69, 9.17) is 9.05 Å². The topological polar surface area (TPSA) is 108 Å². The molecule has 0 aromatic carbocycles. The molecule has 0 aliphatic rings. The Bertz CT molecular complexity index is 969. The maximum Gasteiger partial charge on any atom is 0.268 e. The number of phosphoric ester groups is 1. The van der Waals surface area contributed by atoms with Crippen LogP contribution in [0.15, 0.2) is 24.3 Å². The molecule has 0 saturated heterocycles. The van der Waals surface area contributed by atoms with Crippen molar-refractivity contribution in [2.45, 2.75) is 231 Å². The second-order valence-electron chi connectivity index (χ2n) is 17.5. The van der Waals surface area contributed by atoms with Crippen LogP contribution in [-0.2, 0) is 18.4 Å². The molecular weight excluding hydrogens is 719 g/mol. The quantitative estimate of drug-likeness (QED) is 0.0275. The van der Waals surface area contributed by atoms with Crippen molar-refractivity contribution in [2.24, 2.45) is 0 Å². The summed E-state index contributed by atoms with van der Waals surface area (Å²) in [6.45, 7) is 4.63. The third kappa shape index (κ3) is 41.2. The smallest absolute Gasteiger partial charge is 0.268 e. The molecule has 0 radical (unpaired) electrons. The molecule has 9 heteroatoms. The summed E-state index contributed by atoms with van der Waals surface area (Å²) >= 11 is 0. The first kappa shape index (κ1) is 55.0. The summed E-state index contributed by atoms with van der Waals surface area (Å²) in [5.74, 6) is -0.205. The number of likely N-dealkylation sites (N-methyl/N-ethyl adjacent to an activating group) is 1. The van der Waals surface area contributed by atoms with Crippen LogP contribution in [0.25, 0.3) is 0 Å². The standard InChI is InChI=1S/C47H93N2O6P/c1-6-8-10-12-14-16-18-20-21-22-23-24-25-26-27-29-31-33-35-37-39-41-47(51)48-45(44-55-56(52,53)54-43-42-49(3,4)5)46(50)40-38-36-34-32-30-28-19-17-15-13-11-9-7-2/h30,32,38,40,45-46,50H,6-29,31,33-37,39,41-44H2,1-5H3,(H-,48,51,52,53)/b32-30+,40-38+. The van der Waals surface area contributed by atoms with E-state index in [0.29, 0.717) is 17.4 Å². The molecule has 0 saturated carbocycles. The molecule has 0 bridgehead atoms. The number of rotatable bonds is 43. The first-order valence-electron chi connectivity index (χ1n) is 23.7. The van der Waals surface area contributed by atoms with E-state index in [1.54, 1.807) is 6.08 Å². The molecule has 0 spiro atoms. The Morgan fingerprint density at radius 3 is 1.45 bits per heavy atom. The summed E-state index contributed by atoms with van der Waals surface area (Å²) in [6.07, 6.45) is 46.6. The van der Waals surface area contributed by atoms with E-state index in [1.165, 1.54) is 161 Å². The number of nitrogens with zero attached hydrogens (tertiary/aromatic N) is 1. The largest absolute Gasteiger partial charge is 0.756 e. The van der Waals surface area contributed by atoms with Crippen molar-refractivity contribution in [1.29, 1.82) is 0 Å². The fourth-order valence-corrected chi connectivity index (χ4v) is 7.60. The molecule has 332 valence electrons. The van der Waals surface area contributed by atoms with Crippen molar-refractivity contribution in [3.8, 4) is 0 Å². The van der Waals surface area contributed by atoms with E-state index in [2.05, 4.69) is 31.3 Å². The zero-order chi connectivity index (χ0) is 41.4. The van der Waals surface area contributed by atoms with Gasteiger partial charge in [-0.15, -0.1) is 0 Å². The molecule has 0 heterocycles. The van der Waals surface area contributed by atoms with Gasteiger partial charge in [-0.05, 0) is 32.1 Å². The fraction of sp³-hybridized carbons (Fsp3) is 0.894. The molecule has 0 aliphatic carbocycles. The number of quaternary nitrogens is 1. The maximum atomic E-state index is 12.9. The normalized spacial score (nSPS) is 14.5. The lowest BCUT2D eigenvalue weighted by Crippen LogP contribution is -2.45. The number of amides is 1. The van der Waals surface area contributed by atoms with E-state index in [0.717, 1.165) is 38.5 Å². The van der Waals surface area contributed by atoms with Crippen molar-refractivity contribution in [3.05, 3.63) is 24.3 Å². The molecule has 8 nitrogen and oxygen atoms in total. The number of nitrogens with one attached hydrogen (secondary N) is 1. The Kier molecular flexibility index (Phi) is 38.7. The van der Waals surface area contributed by atoms with Crippen molar-refractivity contribution in [3.63, 3.8) is 0 Å². The van der Waals surface area contributed by atoms with Crippen molar-refractivity contribution in [2.75, 3.05) is 40.9 Å². The van der Waals surface area contributed by atoms with Crippen LogP contribution < -0.4 is 10.2 Å². The Labute approximate surface area is 347 Å². The van der Waals surface area contributed by atoms with E-state index in [1.807, 2.05) is 27.2 Å². The summed E-state index contributed by atoms with van der Waals surface area (Å²) in [7, 11) is 1.25. The van der Waals surface area contributed by atoms with Gasteiger partial charge in [0.25, 0.3) is 7.82 Å². The summed E-state index contributed by atoms with van der Waals surface area (Å²) in [5, 5.41) is 13.8.